The van der Waals surface area contributed by atoms with Crippen LogP contribution in [0.4, 0.5) is 8.78 Å². The van der Waals surface area contributed by atoms with E-state index in [0.29, 0.717) is 67.2 Å². The van der Waals surface area contributed by atoms with Gasteiger partial charge in [0.15, 0.2) is 11.6 Å². The molecule has 0 bridgehead atoms. The van der Waals surface area contributed by atoms with E-state index in [9.17, 15) is 18.4 Å². The number of benzene rings is 6. The Hall–Kier alpha value is -7.76. The highest BCUT2D eigenvalue weighted by Crippen LogP contribution is 2.42. The molecule has 0 fully saturated rings. The van der Waals surface area contributed by atoms with Crippen LogP contribution in [0, 0.1) is 11.6 Å². The maximum atomic E-state index is 14.5. The highest BCUT2D eigenvalue weighted by Gasteiger charge is 2.28. The van der Waals surface area contributed by atoms with E-state index in [4.69, 9.17) is 4.42 Å². The minimum Gasteiger partial charge on any atom is -0.456 e. The zero-order chi connectivity index (χ0) is 40.3. The van der Waals surface area contributed by atoms with E-state index >= 15 is 0 Å². The molecular formula is C54H34F2O3. The maximum Gasteiger partial charge on any atom is 0.194 e. The monoisotopic (exact) mass is 768 g/mol. The molecule has 0 unspecified atom stereocenters. The fourth-order valence-corrected chi connectivity index (χ4v) is 7.62. The molecule has 5 heteroatoms. The molecule has 6 aromatic carbocycles. The third-order valence-corrected chi connectivity index (χ3v) is 10.5. The fraction of sp³-hybridized carbons (Fsp3) is 0. The zero-order valence-electron chi connectivity index (χ0n) is 31.6. The second-order valence-electron chi connectivity index (χ2n) is 14.2. The number of hydrogen-bond donors (Lipinski definition) is 0. The van der Waals surface area contributed by atoms with E-state index < -0.39 is 11.6 Å². The van der Waals surface area contributed by atoms with Gasteiger partial charge in [0, 0.05) is 33.4 Å². The minimum atomic E-state index is -0.393. The smallest absolute Gasteiger partial charge is 0.194 e. The third-order valence-electron chi connectivity index (χ3n) is 10.5. The van der Waals surface area contributed by atoms with Crippen LogP contribution in [-0.2, 0) is 9.59 Å². The van der Waals surface area contributed by atoms with Gasteiger partial charge in [-0.05, 0) is 105 Å². The quantitative estimate of drug-likeness (QED) is 0.155. The van der Waals surface area contributed by atoms with Gasteiger partial charge < -0.3 is 4.42 Å². The molecule has 9 rings (SSSR count). The molecule has 0 saturated heterocycles. The van der Waals surface area contributed by atoms with Crippen LogP contribution in [0.15, 0.2) is 222 Å². The number of rotatable bonds is 8. The number of allylic oxidation sites excluding steroid dienone is 10. The van der Waals surface area contributed by atoms with Crippen LogP contribution in [0.5, 0.6) is 0 Å². The molecule has 59 heavy (non-hydrogen) atoms. The van der Waals surface area contributed by atoms with Gasteiger partial charge in [-0.2, -0.15) is 0 Å². The summed E-state index contributed by atoms with van der Waals surface area (Å²) in [6, 6.07) is 54.1. The first-order chi connectivity index (χ1) is 28.9. The lowest BCUT2D eigenvalue weighted by molar-refractivity contribution is -0.109. The van der Waals surface area contributed by atoms with Gasteiger partial charge in [0.05, 0.1) is 0 Å². The molecule has 0 radical (unpaired) electrons. The first-order valence-electron chi connectivity index (χ1n) is 19.2. The molecule has 2 aliphatic rings. The Morgan fingerprint density at radius 3 is 0.881 bits per heavy atom. The Labute approximate surface area is 340 Å². The fourth-order valence-electron chi connectivity index (χ4n) is 7.62. The Morgan fingerprint density at radius 1 is 0.339 bits per heavy atom. The van der Waals surface area contributed by atoms with Crippen molar-refractivity contribution in [1.29, 1.82) is 0 Å². The van der Waals surface area contributed by atoms with Crippen LogP contribution in [0.3, 0.4) is 0 Å². The standard InChI is InChI=1S/C54H34F2O3/c55-43-25-21-39(22-26-43)51(41-31-45(35-13-5-1-6-14-35)53(57)46(32-41)36-15-7-2-8-16-36)49-29-30-50(59-49)52(40-23-27-44(56)28-24-40)42-33-47(37-17-9-3-10-18-37)54(58)48(34-42)38-19-11-4-12-20-38/h1-34H. The largest absolute Gasteiger partial charge is 0.456 e. The van der Waals surface area contributed by atoms with Crippen molar-refractivity contribution in [1.82, 2.24) is 0 Å². The molecule has 7 aromatic rings. The lowest BCUT2D eigenvalue weighted by Gasteiger charge is -2.20. The summed E-state index contributed by atoms with van der Waals surface area (Å²) in [6.45, 7) is 0. The van der Waals surface area contributed by atoms with E-state index in [0.717, 1.165) is 22.3 Å². The molecule has 0 amide bonds. The lowest BCUT2D eigenvalue weighted by atomic mass is 9.83. The first-order valence-corrected chi connectivity index (χ1v) is 19.2. The SMILES string of the molecule is O=C1C(c2ccccc2)=CC(=C(c2ccc(F)cc2)c2ccc(C(=C3C=C(c4ccccc4)C(=O)C(c4ccccc4)=C3)c3ccc(F)cc3)o2)C=C1c1ccccc1. The Morgan fingerprint density at radius 2 is 0.610 bits per heavy atom. The normalized spacial score (nSPS) is 14.0. The number of furan rings is 1. The number of hydrogen-bond acceptors (Lipinski definition) is 3. The number of carbonyl (C=O) groups is 2. The van der Waals surface area contributed by atoms with Crippen LogP contribution >= 0.6 is 0 Å². The molecule has 0 aliphatic heterocycles. The predicted octanol–water partition coefficient (Wildman–Crippen LogP) is 12.7. The van der Waals surface area contributed by atoms with Gasteiger partial charge in [0.2, 0.25) is 0 Å². The van der Waals surface area contributed by atoms with Gasteiger partial charge in [-0.25, -0.2) is 8.78 Å². The molecule has 2 aliphatic carbocycles. The summed E-state index contributed by atoms with van der Waals surface area (Å²) in [5.74, 6) is -0.126. The second kappa shape index (κ2) is 16.0. The van der Waals surface area contributed by atoms with E-state index in [-0.39, 0.29) is 11.6 Å². The highest BCUT2D eigenvalue weighted by molar-refractivity contribution is 6.45. The summed E-state index contributed by atoms with van der Waals surface area (Å²) in [6.07, 6.45) is 7.45. The summed E-state index contributed by atoms with van der Waals surface area (Å²) in [7, 11) is 0. The lowest BCUT2D eigenvalue weighted by Crippen LogP contribution is -2.10. The van der Waals surface area contributed by atoms with Gasteiger partial charge in [-0.1, -0.05) is 146 Å². The average Bonchev–Trinajstić information content (AvgIpc) is 3.76. The number of halogens is 2. The van der Waals surface area contributed by atoms with Crippen LogP contribution < -0.4 is 0 Å². The summed E-state index contributed by atoms with van der Waals surface area (Å²) in [4.78, 5) is 28.5. The molecule has 0 N–H and O–H groups in total. The van der Waals surface area contributed by atoms with Gasteiger partial charge >= 0.3 is 0 Å². The molecule has 0 spiro atoms. The summed E-state index contributed by atoms with van der Waals surface area (Å²) >= 11 is 0. The first kappa shape index (κ1) is 36.9. The molecular weight excluding hydrogens is 735 g/mol. The van der Waals surface area contributed by atoms with Crippen molar-refractivity contribution in [3.63, 3.8) is 0 Å². The summed E-state index contributed by atoms with van der Waals surface area (Å²) in [5, 5.41) is 0. The van der Waals surface area contributed by atoms with Gasteiger partial charge in [0.25, 0.3) is 0 Å². The van der Waals surface area contributed by atoms with Crippen LogP contribution in [0.2, 0.25) is 0 Å². The second-order valence-corrected chi connectivity index (χ2v) is 14.2. The zero-order valence-corrected chi connectivity index (χ0v) is 31.6. The molecule has 1 aromatic heterocycles. The third kappa shape index (κ3) is 7.45. The van der Waals surface area contributed by atoms with E-state index in [1.165, 1.54) is 24.3 Å². The van der Waals surface area contributed by atoms with Crippen molar-refractivity contribution < 1.29 is 22.8 Å². The van der Waals surface area contributed by atoms with Crippen molar-refractivity contribution in [2.24, 2.45) is 0 Å². The summed E-state index contributed by atoms with van der Waals surface area (Å²) < 4.78 is 35.9. The van der Waals surface area contributed by atoms with Crippen LogP contribution in [0.25, 0.3) is 33.4 Å². The molecule has 282 valence electrons. The van der Waals surface area contributed by atoms with E-state index in [1.807, 2.05) is 158 Å². The Bertz CT molecular complexity index is 2590. The topological polar surface area (TPSA) is 47.3 Å². The molecule has 3 nitrogen and oxygen atoms in total. The number of ketones is 2. The van der Waals surface area contributed by atoms with Crippen molar-refractivity contribution >= 4 is 45.0 Å². The molecule has 1 heterocycles. The van der Waals surface area contributed by atoms with Crippen molar-refractivity contribution in [3.8, 4) is 0 Å². The van der Waals surface area contributed by atoms with Crippen molar-refractivity contribution in [3.05, 3.63) is 274 Å². The van der Waals surface area contributed by atoms with E-state index in [2.05, 4.69) is 0 Å². The average molecular weight is 769 g/mol. The van der Waals surface area contributed by atoms with E-state index in [1.54, 1.807) is 24.3 Å². The molecule has 0 saturated carbocycles. The van der Waals surface area contributed by atoms with Gasteiger partial charge in [0.1, 0.15) is 23.2 Å². The van der Waals surface area contributed by atoms with Crippen molar-refractivity contribution in [2.75, 3.05) is 0 Å². The minimum absolute atomic E-state index is 0.123. The Kier molecular flexibility index (Phi) is 10.00. The predicted molar refractivity (Wildman–Crippen MR) is 231 cm³/mol. The highest BCUT2D eigenvalue weighted by atomic mass is 19.1. The number of Topliss-reactive ketones (excluding diaryl/α,β-unsaturated/α-hetero) is 2. The molecule has 0 atom stereocenters. The Balaban J connectivity index is 1.31. The van der Waals surface area contributed by atoms with Gasteiger partial charge in [-0.15, -0.1) is 0 Å². The van der Waals surface area contributed by atoms with Gasteiger partial charge in [-0.3, -0.25) is 9.59 Å². The number of carbonyl (C=O) groups excluding carboxylic acids is 2. The summed E-state index contributed by atoms with van der Waals surface area (Å²) in [5.41, 5.74) is 9.03. The van der Waals surface area contributed by atoms with Crippen LogP contribution in [-0.4, -0.2) is 11.6 Å². The van der Waals surface area contributed by atoms with Crippen molar-refractivity contribution in [2.45, 2.75) is 0 Å². The van der Waals surface area contributed by atoms with Crippen LogP contribution in [0.1, 0.15) is 44.9 Å². The maximum absolute atomic E-state index is 14.5.